The van der Waals surface area contributed by atoms with Crippen LogP contribution in [0.3, 0.4) is 0 Å². The summed E-state index contributed by atoms with van der Waals surface area (Å²) < 4.78 is 52.1. The molecule has 2 aromatic rings. The Balaban J connectivity index is 1.32. The molecule has 2 aromatic carbocycles. The van der Waals surface area contributed by atoms with Crippen LogP contribution in [0, 0.1) is 11.7 Å². The fraction of sp³-hybridized carbons (Fsp3) is 0.458. The summed E-state index contributed by atoms with van der Waals surface area (Å²) in [4.78, 5) is 15.5. The Labute approximate surface area is 193 Å². The molecule has 0 aliphatic carbocycles. The van der Waals surface area contributed by atoms with Gasteiger partial charge in [-0.15, -0.1) is 0 Å². The Hall–Kier alpha value is -2.65. The number of ether oxygens (including phenoxy) is 2. The van der Waals surface area contributed by atoms with Crippen molar-refractivity contribution in [3.63, 3.8) is 0 Å². The lowest BCUT2D eigenvalue weighted by atomic mass is 9.96. The lowest BCUT2D eigenvalue weighted by Crippen LogP contribution is -2.46. The zero-order valence-electron chi connectivity index (χ0n) is 18.3. The molecule has 0 spiro atoms. The van der Waals surface area contributed by atoms with Gasteiger partial charge in [0.2, 0.25) is 15.9 Å². The van der Waals surface area contributed by atoms with Gasteiger partial charge in [0.1, 0.15) is 19.0 Å². The van der Waals surface area contributed by atoms with Crippen molar-refractivity contribution in [3.8, 4) is 11.5 Å². The van der Waals surface area contributed by atoms with E-state index in [1.54, 1.807) is 0 Å². The second-order valence-electron chi connectivity index (χ2n) is 8.75. The van der Waals surface area contributed by atoms with E-state index in [1.165, 1.54) is 16.4 Å². The molecule has 33 heavy (non-hydrogen) atoms. The number of piperidine rings is 1. The van der Waals surface area contributed by atoms with E-state index in [-0.39, 0.29) is 23.4 Å². The number of amides is 1. The third-order valence-corrected chi connectivity index (χ3v) is 8.55. The molecular formula is C24H27FN2O5S. The zero-order chi connectivity index (χ0) is 23.0. The van der Waals surface area contributed by atoms with Gasteiger partial charge < -0.3 is 14.4 Å². The predicted octanol–water partition coefficient (Wildman–Crippen LogP) is 3.36. The number of carbonyl (C=O) groups excluding carboxylic acids is 1. The van der Waals surface area contributed by atoms with E-state index in [4.69, 9.17) is 9.47 Å². The first kappa shape index (κ1) is 22.2. The largest absolute Gasteiger partial charge is 0.486 e. The first-order chi connectivity index (χ1) is 15.9. The zero-order valence-corrected chi connectivity index (χ0v) is 19.1. The van der Waals surface area contributed by atoms with Crippen LogP contribution in [0.2, 0.25) is 0 Å². The van der Waals surface area contributed by atoms with Crippen molar-refractivity contribution in [3.05, 3.63) is 53.8 Å². The number of benzene rings is 2. The number of hydrogen-bond acceptors (Lipinski definition) is 5. The number of halogens is 1. The summed E-state index contributed by atoms with van der Waals surface area (Å²) in [5.41, 5.74) is 1.01. The fourth-order valence-electron chi connectivity index (χ4n) is 5.00. The molecule has 0 radical (unpaired) electrons. The van der Waals surface area contributed by atoms with Crippen LogP contribution in [0.25, 0.3) is 0 Å². The summed E-state index contributed by atoms with van der Waals surface area (Å²) in [5, 5.41) is 0. The molecule has 2 saturated heterocycles. The number of hydrogen-bond donors (Lipinski definition) is 0. The van der Waals surface area contributed by atoms with E-state index in [2.05, 4.69) is 0 Å². The summed E-state index contributed by atoms with van der Waals surface area (Å²) in [7, 11) is -3.78. The van der Waals surface area contributed by atoms with E-state index in [0.717, 1.165) is 36.3 Å². The molecule has 0 unspecified atom stereocenters. The summed E-state index contributed by atoms with van der Waals surface area (Å²) >= 11 is 0. The normalized spacial score (nSPS) is 23.5. The second kappa shape index (κ2) is 8.95. The first-order valence-electron chi connectivity index (χ1n) is 11.4. The van der Waals surface area contributed by atoms with Gasteiger partial charge in [0.05, 0.1) is 16.9 Å². The number of nitrogens with zero attached hydrogens (tertiary/aromatic N) is 2. The van der Waals surface area contributed by atoms with Crippen LogP contribution in [0.1, 0.15) is 37.3 Å². The van der Waals surface area contributed by atoms with E-state index in [9.17, 15) is 17.6 Å². The summed E-state index contributed by atoms with van der Waals surface area (Å²) in [5.74, 6) is 0.528. The Morgan fingerprint density at radius 2 is 1.67 bits per heavy atom. The number of rotatable bonds is 4. The minimum atomic E-state index is -3.78. The van der Waals surface area contributed by atoms with E-state index in [0.29, 0.717) is 44.9 Å². The van der Waals surface area contributed by atoms with Crippen molar-refractivity contribution < 1.29 is 27.1 Å². The highest BCUT2D eigenvalue weighted by atomic mass is 32.2. The molecule has 176 valence electrons. The lowest BCUT2D eigenvalue weighted by molar-refractivity contribution is -0.137. The number of sulfonamides is 1. The predicted molar refractivity (Wildman–Crippen MR) is 119 cm³/mol. The van der Waals surface area contributed by atoms with E-state index in [1.807, 2.05) is 23.1 Å². The van der Waals surface area contributed by atoms with E-state index >= 15 is 0 Å². The minimum absolute atomic E-state index is 0.00797. The molecule has 0 aromatic heterocycles. The Bertz CT molecular complexity index is 1140. The smallest absolute Gasteiger partial charge is 0.243 e. The topological polar surface area (TPSA) is 76.2 Å². The highest BCUT2D eigenvalue weighted by Crippen LogP contribution is 2.39. The van der Waals surface area contributed by atoms with Crippen LogP contribution < -0.4 is 9.47 Å². The molecule has 7 nitrogen and oxygen atoms in total. The lowest BCUT2D eigenvalue weighted by Gasteiger charge is -2.35. The van der Waals surface area contributed by atoms with Crippen LogP contribution in [0.4, 0.5) is 4.39 Å². The molecule has 0 bridgehead atoms. The van der Waals surface area contributed by atoms with Crippen LogP contribution >= 0.6 is 0 Å². The van der Waals surface area contributed by atoms with Gasteiger partial charge in [-0.05, 0) is 67.6 Å². The Morgan fingerprint density at radius 3 is 2.45 bits per heavy atom. The van der Waals surface area contributed by atoms with Gasteiger partial charge in [0.25, 0.3) is 0 Å². The van der Waals surface area contributed by atoms with Crippen LogP contribution in [0.15, 0.2) is 47.4 Å². The molecule has 3 heterocycles. The van der Waals surface area contributed by atoms with Crippen molar-refractivity contribution in [2.45, 2.75) is 36.6 Å². The molecule has 2 atom stereocenters. The van der Waals surface area contributed by atoms with Crippen molar-refractivity contribution >= 4 is 15.9 Å². The van der Waals surface area contributed by atoms with Crippen molar-refractivity contribution in [2.24, 2.45) is 5.92 Å². The highest BCUT2D eigenvalue weighted by molar-refractivity contribution is 7.89. The molecule has 0 saturated carbocycles. The van der Waals surface area contributed by atoms with Gasteiger partial charge in [-0.1, -0.05) is 6.07 Å². The number of carbonyl (C=O) groups is 1. The van der Waals surface area contributed by atoms with Crippen molar-refractivity contribution in [1.29, 1.82) is 0 Å². The maximum absolute atomic E-state index is 13.5. The molecule has 2 fully saturated rings. The monoisotopic (exact) mass is 474 g/mol. The third kappa shape index (κ3) is 4.31. The standard InChI is InChI=1S/C24H27FN2O5S/c25-19-6-8-20(9-7-19)33(29,30)26-11-1-3-18(16-26)24(28)27-12-2-4-21(27)17-5-10-22-23(15-17)32-14-13-31-22/h5-10,15,18,21H,1-4,11-14,16H2/t18-,21-/m0/s1. The molecule has 1 amide bonds. The van der Waals surface area contributed by atoms with Crippen LogP contribution in [-0.4, -0.2) is 56.4 Å². The molecular weight excluding hydrogens is 447 g/mol. The Kier molecular flexibility index (Phi) is 6.01. The van der Waals surface area contributed by atoms with Gasteiger partial charge in [0, 0.05) is 19.6 Å². The quantitative estimate of drug-likeness (QED) is 0.679. The molecule has 9 heteroatoms. The molecule has 5 rings (SSSR count). The fourth-order valence-corrected chi connectivity index (χ4v) is 6.52. The third-order valence-electron chi connectivity index (χ3n) is 6.67. The highest BCUT2D eigenvalue weighted by Gasteiger charge is 2.39. The van der Waals surface area contributed by atoms with E-state index < -0.39 is 21.8 Å². The minimum Gasteiger partial charge on any atom is -0.486 e. The first-order valence-corrected chi connectivity index (χ1v) is 12.8. The second-order valence-corrected chi connectivity index (χ2v) is 10.7. The van der Waals surface area contributed by atoms with Gasteiger partial charge in [-0.3, -0.25) is 4.79 Å². The van der Waals surface area contributed by atoms with Gasteiger partial charge >= 0.3 is 0 Å². The van der Waals surface area contributed by atoms with Crippen LogP contribution in [0.5, 0.6) is 11.5 Å². The Morgan fingerprint density at radius 1 is 0.939 bits per heavy atom. The number of fused-ring (bicyclic) bond motifs is 1. The summed E-state index contributed by atoms with van der Waals surface area (Å²) in [6.45, 7) is 2.18. The molecule has 3 aliphatic rings. The average molecular weight is 475 g/mol. The summed E-state index contributed by atoms with van der Waals surface area (Å²) in [6, 6.07) is 10.6. The van der Waals surface area contributed by atoms with Crippen molar-refractivity contribution in [2.75, 3.05) is 32.8 Å². The number of likely N-dealkylation sites (tertiary alicyclic amines) is 1. The molecule has 0 N–H and O–H groups in total. The van der Waals surface area contributed by atoms with Gasteiger partial charge in [0.15, 0.2) is 11.5 Å². The van der Waals surface area contributed by atoms with Gasteiger partial charge in [-0.25, -0.2) is 12.8 Å². The van der Waals surface area contributed by atoms with Crippen LogP contribution in [-0.2, 0) is 14.8 Å². The average Bonchev–Trinajstić information content (AvgIpc) is 3.33. The SMILES string of the molecule is O=C([C@H]1CCCN(S(=O)(=O)c2ccc(F)cc2)C1)N1CCC[C@H]1c1ccc2c(c1)OCCO2. The maximum Gasteiger partial charge on any atom is 0.243 e. The summed E-state index contributed by atoms with van der Waals surface area (Å²) in [6.07, 6.45) is 3.02. The van der Waals surface area contributed by atoms with Gasteiger partial charge in [-0.2, -0.15) is 4.31 Å². The van der Waals surface area contributed by atoms with Crippen molar-refractivity contribution in [1.82, 2.24) is 9.21 Å². The molecule has 3 aliphatic heterocycles. The maximum atomic E-state index is 13.5.